The molecule has 1 aromatic carbocycles. The Balaban J connectivity index is 1.68. The minimum atomic E-state index is -0.419. The summed E-state index contributed by atoms with van der Waals surface area (Å²) in [5, 5.41) is 12.9. The van der Waals surface area contributed by atoms with E-state index in [1.165, 1.54) is 18.3 Å². The number of hydrogen-bond donors (Lipinski definition) is 0. The third-order valence-corrected chi connectivity index (χ3v) is 3.89. The fraction of sp³-hybridized carbons (Fsp3) is 0.0500. The highest BCUT2D eigenvalue weighted by molar-refractivity contribution is 5.78. The molecular weight excluding hydrogens is 345 g/mol. The zero-order valence-electron chi connectivity index (χ0n) is 14.0. The van der Waals surface area contributed by atoms with E-state index in [0.717, 1.165) is 5.56 Å². The number of hydrogen-bond acceptors (Lipinski definition) is 6. The third-order valence-electron chi connectivity index (χ3n) is 3.89. The van der Waals surface area contributed by atoms with Gasteiger partial charge in [0.15, 0.2) is 0 Å². The molecule has 0 aliphatic carbocycles. The first-order valence-corrected chi connectivity index (χ1v) is 8.11. The van der Waals surface area contributed by atoms with Gasteiger partial charge >= 0.3 is 0 Å². The van der Waals surface area contributed by atoms with Crippen LogP contribution >= 0.6 is 0 Å². The largest absolute Gasteiger partial charge is 0.334 e. The van der Waals surface area contributed by atoms with Gasteiger partial charge in [-0.3, -0.25) is 9.98 Å². The minimum absolute atomic E-state index is 0.177. The summed E-state index contributed by atoms with van der Waals surface area (Å²) in [4.78, 5) is 12.6. The van der Waals surface area contributed by atoms with Crippen LogP contribution in [0.3, 0.4) is 0 Å². The average molecular weight is 357 g/mol. The first-order chi connectivity index (χ1) is 13.2. The van der Waals surface area contributed by atoms with E-state index < -0.39 is 11.7 Å². The van der Waals surface area contributed by atoms with E-state index in [4.69, 9.17) is 9.78 Å². The minimum Gasteiger partial charge on any atom is -0.334 e. The Kier molecular flexibility index (Phi) is 4.37. The molecule has 0 radical (unpaired) electrons. The van der Waals surface area contributed by atoms with Crippen LogP contribution in [0.25, 0.3) is 28.3 Å². The van der Waals surface area contributed by atoms with Gasteiger partial charge in [0, 0.05) is 29.7 Å². The van der Waals surface area contributed by atoms with Crippen molar-refractivity contribution in [1.82, 2.24) is 15.1 Å². The summed E-state index contributed by atoms with van der Waals surface area (Å²) in [6.45, 7) is 0. The number of benzene rings is 1. The molecule has 7 heteroatoms. The maximum atomic E-state index is 14.1. The van der Waals surface area contributed by atoms with Gasteiger partial charge in [0.2, 0.25) is 5.82 Å². The van der Waals surface area contributed by atoms with Gasteiger partial charge in [-0.1, -0.05) is 23.4 Å². The molecule has 0 saturated heterocycles. The lowest BCUT2D eigenvalue weighted by atomic mass is 10.0. The Morgan fingerprint density at radius 3 is 2.85 bits per heavy atom. The standard InChI is InChI=1S/C20H12FN5O/c21-17-8-15(14-4-2-6-23-12-14)7-16(9-17)20-25-19(26-27-20)18-5-1-3-13(10-22)11-24-18/h1-9,11-13H. The van der Waals surface area contributed by atoms with Crippen LogP contribution in [0.5, 0.6) is 0 Å². The SMILES string of the molecule is N#CC1C=CC=C(c2noc(-c3cc(F)cc(-c4cccnc4)c3)n2)N=C1. The van der Waals surface area contributed by atoms with Crippen LogP contribution in [0.1, 0.15) is 5.82 Å². The molecule has 0 spiro atoms. The van der Waals surface area contributed by atoms with Gasteiger partial charge < -0.3 is 4.52 Å². The van der Waals surface area contributed by atoms with Crippen molar-refractivity contribution >= 4 is 11.9 Å². The second kappa shape index (κ2) is 7.14. The second-order valence-corrected chi connectivity index (χ2v) is 5.76. The van der Waals surface area contributed by atoms with Gasteiger partial charge in [0.25, 0.3) is 5.89 Å². The zero-order chi connectivity index (χ0) is 18.6. The quantitative estimate of drug-likeness (QED) is 0.705. The van der Waals surface area contributed by atoms with Gasteiger partial charge in [0.05, 0.1) is 12.0 Å². The average Bonchev–Trinajstić information content (AvgIpc) is 3.07. The number of allylic oxidation sites excluding steroid dienone is 3. The number of aromatic nitrogens is 3. The molecule has 1 unspecified atom stereocenters. The zero-order valence-corrected chi connectivity index (χ0v) is 14.0. The van der Waals surface area contributed by atoms with Crippen LogP contribution in [-0.4, -0.2) is 21.3 Å². The van der Waals surface area contributed by atoms with Crippen LogP contribution in [0.4, 0.5) is 4.39 Å². The molecule has 27 heavy (non-hydrogen) atoms. The summed E-state index contributed by atoms with van der Waals surface area (Å²) in [5.74, 6) is -0.388. The third kappa shape index (κ3) is 3.55. The summed E-state index contributed by atoms with van der Waals surface area (Å²) in [6.07, 6.45) is 9.93. The van der Waals surface area contributed by atoms with Gasteiger partial charge in [-0.05, 0) is 35.9 Å². The number of halogens is 1. The Hall–Kier alpha value is -3.92. The predicted octanol–water partition coefficient (Wildman–Crippen LogP) is 4.06. The number of aliphatic imine (C=N–C) groups is 1. The first-order valence-electron chi connectivity index (χ1n) is 8.11. The van der Waals surface area contributed by atoms with Gasteiger partial charge in [-0.25, -0.2) is 4.39 Å². The van der Waals surface area contributed by atoms with Gasteiger partial charge in [0.1, 0.15) is 11.5 Å². The predicted molar refractivity (Wildman–Crippen MR) is 97.6 cm³/mol. The molecule has 1 aliphatic rings. The summed E-state index contributed by atoms with van der Waals surface area (Å²) >= 11 is 0. The maximum absolute atomic E-state index is 14.1. The smallest absolute Gasteiger partial charge is 0.258 e. The van der Waals surface area contributed by atoms with Crippen LogP contribution in [0.2, 0.25) is 0 Å². The van der Waals surface area contributed by atoms with Crippen LogP contribution in [0.15, 0.2) is 70.5 Å². The lowest BCUT2D eigenvalue weighted by Crippen LogP contribution is -1.92. The van der Waals surface area contributed by atoms with Gasteiger partial charge in [-0.2, -0.15) is 10.2 Å². The fourth-order valence-electron chi connectivity index (χ4n) is 2.59. The number of rotatable bonds is 3. The van der Waals surface area contributed by atoms with Crippen molar-refractivity contribution in [2.45, 2.75) is 0 Å². The summed E-state index contributed by atoms with van der Waals surface area (Å²) < 4.78 is 19.4. The molecule has 0 fully saturated rings. The van der Waals surface area contributed by atoms with E-state index in [9.17, 15) is 4.39 Å². The van der Waals surface area contributed by atoms with Crippen LogP contribution in [-0.2, 0) is 0 Å². The van der Waals surface area contributed by atoms with Crippen molar-refractivity contribution in [3.63, 3.8) is 0 Å². The molecule has 3 heterocycles. The topological polar surface area (TPSA) is 88.0 Å². The molecule has 1 aliphatic heterocycles. The van der Waals surface area contributed by atoms with E-state index in [1.807, 2.05) is 6.07 Å². The summed E-state index contributed by atoms with van der Waals surface area (Å²) in [6, 6.07) is 10.2. The van der Waals surface area contributed by atoms with E-state index in [-0.39, 0.29) is 11.7 Å². The van der Waals surface area contributed by atoms with Crippen molar-refractivity contribution in [2.75, 3.05) is 0 Å². The number of nitrogens with zero attached hydrogens (tertiary/aromatic N) is 5. The number of nitriles is 1. The fourth-order valence-corrected chi connectivity index (χ4v) is 2.59. The van der Waals surface area contributed by atoms with Crippen molar-refractivity contribution in [2.24, 2.45) is 10.9 Å². The van der Waals surface area contributed by atoms with Crippen LogP contribution in [0, 0.1) is 23.1 Å². The van der Waals surface area contributed by atoms with E-state index in [2.05, 4.69) is 26.2 Å². The molecule has 0 amide bonds. The highest BCUT2D eigenvalue weighted by Gasteiger charge is 2.15. The molecule has 0 N–H and O–H groups in total. The molecule has 3 aromatic rings. The van der Waals surface area contributed by atoms with Crippen molar-refractivity contribution in [3.05, 3.63) is 72.6 Å². The van der Waals surface area contributed by atoms with E-state index in [1.54, 1.807) is 42.8 Å². The van der Waals surface area contributed by atoms with Gasteiger partial charge in [-0.15, -0.1) is 0 Å². The molecule has 4 rings (SSSR count). The Morgan fingerprint density at radius 1 is 1.15 bits per heavy atom. The van der Waals surface area contributed by atoms with Crippen molar-refractivity contribution in [1.29, 1.82) is 5.26 Å². The second-order valence-electron chi connectivity index (χ2n) is 5.76. The van der Waals surface area contributed by atoms with E-state index in [0.29, 0.717) is 16.8 Å². The first kappa shape index (κ1) is 16.5. The van der Waals surface area contributed by atoms with Crippen molar-refractivity contribution in [3.8, 4) is 28.7 Å². The highest BCUT2D eigenvalue weighted by Crippen LogP contribution is 2.27. The molecule has 0 saturated carbocycles. The molecular formula is C20H12FN5O. The summed E-state index contributed by atoms with van der Waals surface area (Å²) in [7, 11) is 0. The molecule has 1 atom stereocenters. The Bertz CT molecular complexity index is 1110. The molecule has 2 aromatic heterocycles. The Morgan fingerprint density at radius 2 is 2.04 bits per heavy atom. The number of pyridine rings is 1. The van der Waals surface area contributed by atoms with Crippen molar-refractivity contribution < 1.29 is 8.91 Å². The Labute approximate surface area is 154 Å². The highest BCUT2D eigenvalue weighted by atomic mass is 19.1. The lowest BCUT2D eigenvalue weighted by molar-refractivity contribution is 0.428. The maximum Gasteiger partial charge on any atom is 0.258 e. The van der Waals surface area contributed by atoms with Crippen LogP contribution < -0.4 is 0 Å². The lowest BCUT2D eigenvalue weighted by Gasteiger charge is -2.03. The monoisotopic (exact) mass is 357 g/mol. The summed E-state index contributed by atoms with van der Waals surface area (Å²) in [5.41, 5.74) is 2.35. The molecule has 130 valence electrons. The normalized spacial score (nSPS) is 15.9. The molecule has 0 bridgehead atoms. The van der Waals surface area contributed by atoms with E-state index >= 15 is 0 Å². The molecule has 6 nitrogen and oxygen atoms in total.